The highest BCUT2D eigenvalue weighted by molar-refractivity contribution is 6.31. The van der Waals surface area contributed by atoms with E-state index >= 15 is 0 Å². The van der Waals surface area contributed by atoms with Crippen molar-refractivity contribution in [3.8, 4) is 0 Å². The SMILES string of the molecule is CCN(CC)[C@@H](CNC(=O)c1ccc(C)cc1)c1ccccc1Cl. The Bertz CT molecular complexity index is 666. The molecule has 128 valence electrons. The minimum Gasteiger partial charge on any atom is -0.350 e. The summed E-state index contributed by atoms with van der Waals surface area (Å²) in [6.45, 7) is 8.57. The fraction of sp³-hybridized carbons (Fsp3) is 0.350. The zero-order valence-electron chi connectivity index (χ0n) is 14.6. The van der Waals surface area contributed by atoms with Gasteiger partial charge >= 0.3 is 0 Å². The summed E-state index contributed by atoms with van der Waals surface area (Å²) < 4.78 is 0. The molecule has 24 heavy (non-hydrogen) atoms. The van der Waals surface area contributed by atoms with Gasteiger partial charge in [-0.25, -0.2) is 0 Å². The molecule has 0 saturated heterocycles. The Kier molecular flexibility index (Phi) is 6.83. The molecule has 0 saturated carbocycles. The van der Waals surface area contributed by atoms with Gasteiger partial charge < -0.3 is 5.32 Å². The summed E-state index contributed by atoms with van der Waals surface area (Å²) in [4.78, 5) is 14.7. The van der Waals surface area contributed by atoms with Gasteiger partial charge in [-0.2, -0.15) is 0 Å². The number of likely N-dealkylation sites (N-methyl/N-ethyl adjacent to an activating group) is 1. The molecule has 0 spiro atoms. The molecule has 0 bridgehead atoms. The van der Waals surface area contributed by atoms with Crippen LogP contribution in [-0.2, 0) is 0 Å². The van der Waals surface area contributed by atoms with Crippen molar-refractivity contribution in [2.24, 2.45) is 0 Å². The fourth-order valence-electron chi connectivity index (χ4n) is 2.84. The molecular formula is C20H25ClN2O. The maximum Gasteiger partial charge on any atom is 0.251 e. The van der Waals surface area contributed by atoms with Crippen LogP contribution in [0, 0.1) is 6.92 Å². The largest absolute Gasteiger partial charge is 0.350 e. The van der Waals surface area contributed by atoms with Crippen molar-refractivity contribution in [3.05, 3.63) is 70.2 Å². The lowest BCUT2D eigenvalue weighted by Crippen LogP contribution is -2.38. The second kappa shape index (κ2) is 8.86. The lowest BCUT2D eigenvalue weighted by atomic mass is 10.0. The van der Waals surface area contributed by atoms with Gasteiger partial charge in [-0.3, -0.25) is 9.69 Å². The Balaban J connectivity index is 2.15. The summed E-state index contributed by atoms with van der Waals surface area (Å²) >= 11 is 6.39. The van der Waals surface area contributed by atoms with Crippen molar-refractivity contribution in [2.45, 2.75) is 26.8 Å². The normalized spacial score (nSPS) is 12.2. The molecule has 0 aromatic heterocycles. The number of hydrogen-bond acceptors (Lipinski definition) is 2. The molecule has 0 aliphatic rings. The number of carbonyl (C=O) groups excluding carboxylic acids is 1. The summed E-state index contributed by atoms with van der Waals surface area (Å²) in [5, 5.41) is 3.79. The predicted octanol–water partition coefficient (Wildman–Crippen LogP) is 4.46. The molecule has 2 rings (SSSR count). The van der Waals surface area contributed by atoms with Crippen LogP contribution in [0.1, 0.15) is 41.4 Å². The second-order valence-electron chi connectivity index (χ2n) is 5.83. The van der Waals surface area contributed by atoms with Gasteiger partial charge in [0.25, 0.3) is 5.91 Å². The molecule has 0 aliphatic heterocycles. The number of hydrogen-bond donors (Lipinski definition) is 1. The van der Waals surface area contributed by atoms with Crippen LogP contribution in [0.5, 0.6) is 0 Å². The van der Waals surface area contributed by atoms with Crippen LogP contribution in [0.3, 0.4) is 0 Å². The molecule has 1 N–H and O–H groups in total. The molecule has 0 aliphatic carbocycles. The van der Waals surface area contributed by atoms with Crippen LogP contribution >= 0.6 is 11.6 Å². The Morgan fingerprint density at radius 2 is 1.71 bits per heavy atom. The average molecular weight is 345 g/mol. The summed E-state index contributed by atoms with van der Waals surface area (Å²) in [5.74, 6) is -0.0563. The number of amides is 1. The van der Waals surface area contributed by atoms with Crippen molar-refractivity contribution < 1.29 is 4.79 Å². The Morgan fingerprint density at radius 3 is 2.29 bits per heavy atom. The molecule has 1 amide bonds. The van der Waals surface area contributed by atoms with Crippen LogP contribution in [0.15, 0.2) is 48.5 Å². The molecule has 0 fully saturated rings. The van der Waals surface area contributed by atoms with Crippen LogP contribution < -0.4 is 5.32 Å². The Labute approximate surface area is 149 Å². The molecule has 0 radical (unpaired) electrons. The number of benzene rings is 2. The lowest BCUT2D eigenvalue weighted by molar-refractivity contribution is 0.0935. The van der Waals surface area contributed by atoms with Crippen LogP contribution in [0.25, 0.3) is 0 Å². The molecule has 1 atom stereocenters. The number of rotatable bonds is 7. The lowest BCUT2D eigenvalue weighted by Gasteiger charge is -2.31. The fourth-order valence-corrected chi connectivity index (χ4v) is 3.10. The van der Waals surface area contributed by atoms with E-state index in [0.717, 1.165) is 29.2 Å². The van der Waals surface area contributed by atoms with Crippen molar-refractivity contribution in [3.63, 3.8) is 0 Å². The van der Waals surface area contributed by atoms with E-state index in [-0.39, 0.29) is 11.9 Å². The summed E-state index contributed by atoms with van der Waals surface area (Å²) in [7, 11) is 0. The first-order valence-electron chi connectivity index (χ1n) is 8.40. The van der Waals surface area contributed by atoms with E-state index in [1.54, 1.807) is 0 Å². The van der Waals surface area contributed by atoms with Crippen LogP contribution in [0.2, 0.25) is 5.02 Å². The first kappa shape index (κ1) is 18.5. The predicted molar refractivity (Wildman–Crippen MR) is 101 cm³/mol. The number of aryl methyl sites for hydroxylation is 1. The van der Waals surface area contributed by atoms with Gasteiger partial charge in [0.1, 0.15) is 0 Å². The highest BCUT2D eigenvalue weighted by atomic mass is 35.5. The maximum atomic E-state index is 12.4. The third-order valence-electron chi connectivity index (χ3n) is 4.29. The highest BCUT2D eigenvalue weighted by Gasteiger charge is 2.21. The first-order chi connectivity index (χ1) is 11.6. The van der Waals surface area contributed by atoms with Gasteiger partial charge in [-0.15, -0.1) is 0 Å². The van der Waals surface area contributed by atoms with Crippen molar-refractivity contribution in [1.82, 2.24) is 10.2 Å². The molecule has 2 aromatic rings. The van der Waals surface area contributed by atoms with E-state index in [0.29, 0.717) is 12.1 Å². The van der Waals surface area contributed by atoms with Gasteiger partial charge in [0.15, 0.2) is 0 Å². The zero-order chi connectivity index (χ0) is 17.5. The number of carbonyl (C=O) groups is 1. The number of nitrogens with one attached hydrogen (secondary N) is 1. The molecule has 2 aromatic carbocycles. The van der Waals surface area contributed by atoms with E-state index < -0.39 is 0 Å². The van der Waals surface area contributed by atoms with Crippen molar-refractivity contribution in [2.75, 3.05) is 19.6 Å². The van der Waals surface area contributed by atoms with Gasteiger partial charge in [0.05, 0.1) is 6.04 Å². The van der Waals surface area contributed by atoms with E-state index in [1.165, 1.54) is 0 Å². The summed E-state index contributed by atoms with van der Waals surface area (Å²) in [5.41, 5.74) is 2.87. The minimum absolute atomic E-state index is 0.0563. The third kappa shape index (κ3) is 4.59. The zero-order valence-corrected chi connectivity index (χ0v) is 15.3. The first-order valence-corrected chi connectivity index (χ1v) is 8.78. The minimum atomic E-state index is -0.0563. The Hall–Kier alpha value is -1.84. The molecule has 4 heteroatoms. The van der Waals surface area contributed by atoms with Crippen molar-refractivity contribution in [1.29, 1.82) is 0 Å². The van der Waals surface area contributed by atoms with E-state index in [4.69, 9.17) is 11.6 Å². The topological polar surface area (TPSA) is 32.3 Å². The molecule has 0 unspecified atom stereocenters. The van der Waals surface area contributed by atoms with Crippen LogP contribution in [-0.4, -0.2) is 30.4 Å². The highest BCUT2D eigenvalue weighted by Crippen LogP contribution is 2.27. The van der Waals surface area contributed by atoms with E-state index in [1.807, 2.05) is 55.5 Å². The van der Waals surface area contributed by atoms with Gasteiger partial charge in [0.2, 0.25) is 0 Å². The molecule has 3 nitrogen and oxygen atoms in total. The standard InChI is InChI=1S/C20H25ClN2O/c1-4-23(5-2)19(17-8-6-7-9-18(17)21)14-22-20(24)16-12-10-15(3)11-13-16/h6-13,19H,4-5,14H2,1-3H3,(H,22,24)/t19-/m0/s1. The summed E-state index contributed by atoms with van der Waals surface area (Å²) in [6, 6.07) is 15.5. The number of nitrogens with zero attached hydrogens (tertiary/aromatic N) is 1. The molecule has 0 heterocycles. The van der Waals surface area contributed by atoms with E-state index in [2.05, 4.69) is 24.1 Å². The van der Waals surface area contributed by atoms with Crippen LogP contribution in [0.4, 0.5) is 0 Å². The molecular weight excluding hydrogens is 320 g/mol. The average Bonchev–Trinajstić information content (AvgIpc) is 2.60. The summed E-state index contributed by atoms with van der Waals surface area (Å²) in [6.07, 6.45) is 0. The third-order valence-corrected chi connectivity index (χ3v) is 4.63. The monoisotopic (exact) mass is 344 g/mol. The van der Waals surface area contributed by atoms with E-state index in [9.17, 15) is 4.79 Å². The van der Waals surface area contributed by atoms with Crippen molar-refractivity contribution >= 4 is 17.5 Å². The smallest absolute Gasteiger partial charge is 0.251 e. The Morgan fingerprint density at radius 1 is 1.08 bits per heavy atom. The second-order valence-corrected chi connectivity index (χ2v) is 6.24. The number of halogens is 1. The van der Waals surface area contributed by atoms with Gasteiger partial charge in [0, 0.05) is 17.1 Å². The van der Waals surface area contributed by atoms with Gasteiger partial charge in [-0.1, -0.05) is 61.3 Å². The van der Waals surface area contributed by atoms with Gasteiger partial charge in [-0.05, 0) is 43.8 Å². The maximum absolute atomic E-state index is 12.4. The quantitative estimate of drug-likeness (QED) is 0.804.